The van der Waals surface area contributed by atoms with Gasteiger partial charge in [0, 0.05) is 18.7 Å². The Balaban J connectivity index is 1.27. The summed E-state index contributed by atoms with van der Waals surface area (Å²) < 4.78 is 9.10. The van der Waals surface area contributed by atoms with E-state index in [2.05, 4.69) is 65.4 Å². The van der Waals surface area contributed by atoms with Crippen LogP contribution in [0.3, 0.4) is 0 Å². The number of carbonyl (C=O) groups is 4. The van der Waals surface area contributed by atoms with Crippen molar-refractivity contribution < 1.29 is 28.7 Å². The topological polar surface area (TPSA) is 175 Å². The first-order chi connectivity index (χ1) is 23.7. The molecule has 14 heteroatoms. The van der Waals surface area contributed by atoms with Crippen molar-refractivity contribution in [3.8, 4) is 22.4 Å². The quantitative estimate of drug-likeness (QED) is 0.141. The molecule has 256 valence electrons. The Bertz CT molecular complexity index is 1970. The maximum Gasteiger partial charge on any atom is 0.407 e. The van der Waals surface area contributed by atoms with Crippen LogP contribution in [0.15, 0.2) is 60.8 Å². The molecule has 0 saturated heterocycles. The normalized spacial score (nSPS) is 10.9. The second-order valence-electron chi connectivity index (χ2n) is 11.3. The third kappa shape index (κ3) is 8.52. The van der Waals surface area contributed by atoms with E-state index in [1.54, 1.807) is 16.0 Å². The second kappa shape index (κ2) is 15.8. The molecule has 3 aromatic carbocycles. The highest BCUT2D eigenvalue weighted by Gasteiger charge is 2.18. The summed E-state index contributed by atoms with van der Waals surface area (Å²) in [5, 5.41) is 6.98. The highest BCUT2D eigenvalue weighted by molar-refractivity contribution is 5.92. The maximum atomic E-state index is 12.7. The number of alkyl carbamates (subject to hydrolysis) is 2. The van der Waals surface area contributed by atoms with Crippen molar-refractivity contribution in [2.75, 3.05) is 40.4 Å². The number of rotatable bonds is 13. The molecule has 49 heavy (non-hydrogen) atoms. The number of ether oxygens (including phenoxy) is 2. The van der Waals surface area contributed by atoms with Crippen molar-refractivity contribution in [1.29, 1.82) is 0 Å². The zero-order valence-corrected chi connectivity index (χ0v) is 28.0. The summed E-state index contributed by atoms with van der Waals surface area (Å²) >= 11 is 0. The zero-order chi connectivity index (χ0) is 34.9. The summed E-state index contributed by atoms with van der Waals surface area (Å²) in [6.45, 7) is 5.10. The molecule has 0 atom stereocenters. The van der Waals surface area contributed by atoms with Crippen molar-refractivity contribution >= 4 is 45.8 Å². The minimum atomic E-state index is -0.656. The number of H-pyrrole nitrogens is 2. The molecule has 0 unspecified atom stereocenters. The van der Waals surface area contributed by atoms with Gasteiger partial charge in [-0.05, 0) is 59.5 Å². The van der Waals surface area contributed by atoms with Gasteiger partial charge in [0.05, 0.1) is 50.2 Å². The van der Waals surface area contributed by atoms with Gasteiger partial charge in [-0.1, -0.05) is 37.3 Å². The third-order valence-electron chi connectivity index (χ3n) is 8.05. The fourth-order valence-corrected chi connectivity index (χ4v) is 5.46. The molecule has 0 aliphatic heterocycles. The lowest BCUT2D eigenvalue weighted by molar-refractivity contribution is -0.131. The van der Waals surface area contributed by atoms with Crippen molar-refractivity contribution in [3.63, 3.8) is 0 Å². The number of carbonyl (C=O) groups excluding carboxylic acids is 4. The van der Waals surface area contributed by atoms with E-state index < -0.39 is 12.2 Å². The minimum absolute atomic E-state index is 0.150. The largest absolute Gasteiger partial charge is 0.453 e. The highest BCUT2D eigenvalue weighted by atomic mass is 16.5. The number of aromatic nitrogens is 4. The number of hydrogen-bond acceptors (Lipinski definition) is 8. The molecule has 0 spiro atoms. The molecular weight excluding hydrogens is 628 g/mol. The van der Waals surface area contributed by atoms with Crippen molar-refractivity contribution in [3.05, 3.63) is 72.4 Å². The number of imidazole rings is 2. The van der Waals surface area contributed by atoms with Crippen LogP contribution in [0.4, 0.5) is 9.59 Å². The smallest absolute Gasteiger partial charge is 0.407 e. The predicted octanol–water partition coefficient (Wildman–Crippen LogP) is 4.57. The molecule has 4 N–H and O–H groups in total. The second-order valence-corrected chi connectivity index (χ2v) is 11.3. The Labute approximate surface area is 283 Å². The van der Waals surface area contributed by atoms with Crippen LogP contribution in [-0.2, 0) is 32.2 Å². The average molecular weight is 669 g/mol. The Morgan fingerprint density at radius 3 is 1.98 bits per heavy atom. The van der Waals surface area contributed by atoms with Gasteiger partial charge in [-0.3, -0.25) is 9.59 Å². The molecule has 0 radical (unpaired) electrons. The van der Waals surface area contributed by atoms with Crippen molar-refractivity contribution in [2.24, 2.45) is 0 Å². The lowest BCUT2D eigenvalue weighted by Crippen LogP contribution is -2.40. The molecule has 4 amide bonds. The van der Waals surface area contributed by atoms with E-state index >= 15 is 0 Å². The number of amides is 4. The first kappa shape index (κ1) is 34.4. The number of methoxy groups -OCH3 is 2. The Kier molecular flexibility index (Phi) is 11.1. The number of aromatic amines is 2. The maximum absolute atomic E-state index is 12.7. The summed E-state index contributed by atoms with van der Waals surface area (Å²) in [6, 6.07) is 18.5. The summed E-state index contributed by atoms with van der Waals surface area (Å²) in [6.07, 6.45) is 1.21. The SMILES string of the molecule is CCCN(Cc1ncc(-c2ccc3cc(-c4ccc5[nH]c(CN(CC)C(=O)CNC(=O)OC)nc5c4)ccc3c2)[nH]1)C(=O)CNC(=O)OC. The lowest BCUT2D eigenvalue weighted by Gasteiger charge is -2.21. The molecular formula is C35H40N8O6. The molecule has 0 aliphatic carbocycles. The van der Waals surface area contributed by atoms with E-state index in [0.717, 1.165) is 50.6 Å². The van der Waals surface area contributed by atoms with Crippen LogP contribution in [0, 0.1) is 0 Å². The molecule has 5 rings (SSSR count). The molecule has 0 aliphatic rings. The van der Waals surface area contributed by atoms with Gasteiger partial charge in [-0.15, -0.1) is 0 Å². The minimum Gasteiger partial charge on any atom is -0.453 e. The van der Waals surface area contributed by atoms with Crippen LogP contribution in [0.2, 0.25) is 0 Å². The Morgan fingerprint density at radius 2 is 1.33 bits per heavy atom. The van der Waals surface area contributed by atoms with E-state index in [4.69, 9.17) is 4.98 Å². The fraction of sp³-hybridized carbons (Fsp3) is 0.314. The summed E-state index contributed by atoms with van der Waals surface area (Å²) in [7, 11) is 2.50. The van der Waals surface area contributed by atoms with E-state index in [9.17, 15) is 19.2 Å². The number of fused-ring (bicyclic) bond motifs is 2. The molecule has 2 aromatic heterocycles. The monoisotopic (exact) mass is 668 g/mol. The van der Waals surface area contributed by atoms with Gasteiger partial charge in [0.25, 0.3) is 0 Å². The lowest BCUT2D eigenvalue weighted by atomic mass is 9.99. The van der Waals surface area contributed by atoms with Crippen molar-refractivity contribution in [2.45, 2.75) is 33.4 Å². The fourth-order valence-electron chi connectivity index (χ4n) is 5.46. The van der Waals surface area contributed by atoms with Gasteiger partial charge in [0.15, 0.2) is 0 Å². The van der Waals surface area contributed by atoms with E-state index in [1.807, 2.05) is 38.1 Å². The number of nitrogens with zero attached hydrogens (tertiary/aromatic N) is 4. The first-order valence-electron chi connectivity index (χ1n) is 16.0. The molecule has 0 fully saturated rings. The standard InChI is InChI=1S/C35H40N8O6/c1-5-13-43(33(45)19-38-35(47)49-4)20-30-36-17-29(41-30)26-10-9-22-14-23(7-8-24(22)15-26)25-11-12-27-28(16-25)40-31(39-27)21-42(6-2)32(44)18-37-34(46)48-3/h7-12,14-17H,5-6,13,18-21H2,1-4H3,(H,36,41)(H,37,46)(H,38,47)(H,39,40). The molecule has 14 nitrogen and oxygen atoms in total. The number of nitrogens with one attached hydrogen (secondary N) is 4. The molecule has 0 bridgehead atoms. The van der Waals surface area contributed by atoms with Crippen LogP contribution in [0.5, 0.6) is 0 Å². The number of benzene rings is 3. The van der Waals surface area contributed by atoms with E-state index in [0.29, 0.717) is 24.7 Å². The zero-order valence-electron chi connectivity index (χ0n) is 28.0. The molecule has 5 aromatic rings. The highest BCUT2D eigenvalue weighted by Crippen LogP contribution is 2.29. The summed E-state index contributed by atoms with van der Waals surface area (Å²) in [4.78, 5) is 67.1. The summed E-state index contributed by atoms with van der Waals surface area (Å²) in [5.41, 5.74) is 5.49. The van der Waals surface area contributed by atoms with Gasteiger partial charge < -0.3 is 39.9 Å². The molecule has 2 heterocycles. The van der Waals surface area contributed by atoms with Gasteiger partial charge in [0.2, 0.25) is 11.8 Å². The third-order valence-corrected chi connectivity index (χ3v) is 8.05. The first-order valence-corrected chi connectivity index (χ1v) is 16.0. The van der Waals surface area contributed by atoms with Crippen LogP contribution in [0.25, 0.3) is 44.2 Å². The number of hydrogen-bond donors (Lipinski definition) is 4. The average Bonchev–Trinajstić information content (AvgIpc) is 3.77. The van der Waals surface area contributed by atoms with E-state index in [-0.39, 0.29) is 38.0 Å². The van der Waals surface area contributed by atoms with Crippen LogP contribution >= 0.6 is 0 Å². The summed E-state index contributed by atoms with van der Waals surface area (Å²) in [5.74, 6) is 0.832. The van der Waals surface area contributed by atoms with Gasteiger partial charge in [-0.25, -0.2) is 19.6 Å². The van der Waals surface area contributed by atoms with E-state index in [1.165, 1.54) is 14.2 Å². The molecule has 0 saturated carbocycles. The van der Waals surface area contributed by atoms with Gasteiger partial charge >= 0.3 is 12.2 Å². The van der Waals surface area contributed by atoms with Gasteiger partial charge in [-0.2, -0.15) is 0 Å². The Hall–Kier alpha value is -5.92. The van der Waals surface area contributed by atoms with Crippen LogP contribution < -0.4 is 10.6 Å². The van der Waals surface area contributed by atoms with Crippen LogP contribution in [-0.4, -0.2) is 94.1 Å². The van der Waals surface area contributed by atoms with Crippen molar-refractivity contribution in [1.82, 2.24) is 40.4 Å². The predicted molar refractivity (Wildman–Crippen MR) is 184 cm³/mol. The Morgan fingerprint density at radius 1 is 0.735 bits per heavy atom. The van der Waals surface area contributed by atoms with Gasteiger partial charge in [0.1, 0.15) is 24.7 Å². The number of likely N-dealkylation sites (N-methyl/N-ethyl adjacent to an activating group) is 1. The van der Waals surface area contributed by atoms with Crippen LogP contribution in [0.1, 0.15) is 31.9 Å².